The number of para-hydroxylation sites is 4. The van der Waals surface area contributed by atoms with E-state index in [0.29, 0.717) is 11.8 Å². The predicted molar refractivity (Wildman–Crippen MR) is 137 cm³/mol. The van der Waals surface area contributed by atoms with Crippen LogP contribution >= 0.6 is 0 Å². The first-order valence-corrected chi connectivity index (χ1v) is 12.1. The third-order valence-corrected chi connectivity index (χ3v) is 6.89. The molecule has 1 heterocycles. The standard InChI is InChI=1S/C28H32N4/c1-2-10-21(9-1)23-17-19-29-26-14-6-8-16-28(26)32-24(22-11-3-4-12-22)18-20-30-25-13-5-7-15-27(25)31-23/h5-8,13-22,31-32H,1-4,9-12H2/b23-17-,24-18-,29-19?,30-20?. The minimum Gasteiger partial charge on any atom is -0.357 e. The van der Waals surface area contributed by atoms with E-state index in [1.165, 1.54) is 62.8 Å². The highest BCUT2D eigenvalue weighted by molar-refractivity contribution is 5.84. The first kappa shape index (κ1) is 20.7. The fourth-order valence-corrected chi connectivity index (χ4v) is 5.12. The van der Waals surface area contributed by atoms with Crippen molar-refractivity contribution in [1.82, 2.24) is 0 Å². The van der Waals surface area contributed by atoms with Gasteiger partial charge in [-0.25, -0.2) is 0 Å². The molecule has 0 spiro atoms. The van der Waals surface area contributed by atoms with Crippen molar-refractivity contribution in [3.05, 3.63) is 72.1 Å². The second-order valence-electron chi connectivity index (χ2n) is 9.05. The number of allylic oxidation sites excluding steroid dienone is 4. The minimum atomic E-state index is 0.550. The van der Waals surface area contributed by atoms with E-state index in [-0.39, 0.29) is 0 Å². The van der Waals surface area contributed by atoms with Crippen molar-refractivity contribution in [1.29, 1.82) is 0 Å². The summed E-state index contributed by atoms with van der Waals surface area (Å²) in [5, 5.41) is 7.41. The molecule has 2 aliphatic carbocycles. The highest BCUT2D eigenvalue weighted by atomic mass is 15.0. The second-order valence-corrected chi connectivity index (χ2v) is 9.05. The lowest BCUT2D eigenvalue weighted by Gasteiger charge is -2.19. The number of aliphatic imine (C=N–C) groups is 2. The molecule has 164 valence electrons. The van der Waals surface area contributed by atoms with E-state index in [4.69, 9.17) is 9.98 Å². The number of nitrogens with zero attached hydrogens (tertiary/aromatic N) is 2. The SMILES string of the molecule is C1=Nc2ccccc2N/C(C2CCCC2)=C\C=Nc2ccccc2N/C(C2CCCC2)=C\1. The van der Waals surface area contributed by atoms with E-state index in [9.17, 15) is 0 Å². The van der Waals surface area contributed by atoms with Crippen LogP contribution in [0, 0.1) is 11.8 Å². The molecule has 0 saturated heterocycles. The van der Waals surface area contributed by atoms with Crippen LogP contribution in [0.2, 0.25) is 0 Å². The van der Waals surface area contributed by atoms with E-state index in [0.717, 1.165) is 22.7 Å². The Hall–Kier alpha value is -3.14. The van der Waals surface area contributed by atoms with Gasteiger partial charge in [0.25, 0.3) is 0 Å². The van der Waals surface area contributed by atoms with E-state index in [1.807, 2.05) is 12.4 Å². The Morgan fingerprint density at radius 3 is 1.41 bits per heavy atom. The number of fused-ring (bicyclic) bond motifs is 2. The van der Waals surface area contributed by atoms with Gasteiger partial charge in [0, 0.05) is 23.8 Å². The van der Waals surface area contributed by atoms with Gasteiger partial charge in [-0.15, -0.1) is 0 Å². The molecule has 2 aromatic rings. The fraction of sp³-hybridized carbons (Fsp3) is 0.357. The summed E-state index contributed by atoms with van der Waals surface area (Å²) in [6.45, 7) is 0. The van der Waals surface area contributed by atoms with E-state index < -0.39 is 0 Å². The number of hydrogen-bond donors (Lipinski definition) is 2. The number of rotatable bonds is 2. The summed E-state index contributed by atoms with van der Waals surface area (Å²) in [6.07, 6.45) is 18.3. The molecule has 1 aliphatic heterocycles. The van der Waals surface area contributed by atoms with Crippen molar-refractivity contribution in [2.24, 2.45) is 21.8 Å². The quantitative estimate of drug-likeness (QED) is 0.517. The van der Waals surface area contributed by atoms with Gasteiger partial charge in [-0.3, -0.25) is 9.98 Å². The van der Waals surface area contributed by atoms with Crippen molar-refractivity contribution in [2.75, 3.05) is 10.6 Å². The summed E-state index contributed by atoms with van der Waals surface area (Å²) in [4.78, 5) is 9.70. The van der Waals surface area contributed by atoms with Crippen LogP contribution in [0.15, 0.2) is 82.1 Å². The van der Waals surface area contributed by atoms with Crippen LogP contribution in [0.4, 0.5) is 22.7 Å². The van der Waals surface area contributed by atoms with Crippen molar-refractivity contribution in [2.45, 2.75) is 51.4 Å². The normalized spacial score (nSPS) is 23.1. The Morgan fingerprint density at radius 2 is 0.969 bits per heavy atom. The summed E-state index contributed by atoms with van der Waals surface area (Å²) < 4.78 is 0. The third-order valence-electron chi connectivity index (χ3n) is 6.89. The lowest BCUT2D eigenvalue weighted by Crippen LogP contribution is -2.10. The van der Waals surface area contributed by atoms with Gasteiger partial charge < -0.3 is 10.6 Å². The van der Waals surface area contributed by atoms with Crippen LogP contribution in [-0.2, 0) is 0 Å². The van der Waals surface area contributed by atoms with Crippen molar-refractivity contribution >= 4 is 35.2 Å². The molecule has 2 saturated carbocycles. The van der Waals surface area contributed by atoms with Crippen LogP contribution in [0.3, 0.4) is 0 Å². The second kappa shape index (κ2) is 9.99. The van der Waals surface area contributed by atoms with E-state index in [1.54, 1.807) is 0 Å². The number of nitrogens with one attached hydrogen (secondary N) is 2. The Bertz CT molecular complexity index is 965. The molecule has 2 N–H and O–H groups in total. The summed E-state index contributed by atoms with van der Waals surface area (Å²) in [5.41, 5.74) is 6.51. The molecule has 0 radical (unpaired) electrons. The molecule has 2 fully saturated rings. The minimum absolute atomic E-state index is 0.550. The van der Waals surface area contributed by atoms with Gasteiger partial charge >= 0.3 is 0 Å². The summed E-state index contributed by atoms with van der Waals surface area (Å²) in [6, 6.07) is 16.6. The van der Waals surface area contributed by atoms with Crippen LogP contribution < -0.4 is 10.6 Å². The molecular weight excluding hydrogens is 392 g/mol. The molecule has 5 rings (SSSR count). The van der Waals surface area contributed by atoms with Crippen LogP contribution in [-0.4, -0.2) is 12.4 Å². The molecular formula is C28H32N4. The Kier molecular flexibility index (Phi) is 6.48. The van der Waals surface area contributed by atoms with Crippen molar-refractivity contribution in [3.8, 4) is 0 Å². The fourth-order valence-electron chi connectivity index (χ4n) is 5.12. The highest BCUT2D eigenvalue weighted by Gasteiger charge is 2.21. The maximum atomic E-state index is 4.85. The van der Waals surface area contributed by atoms with Crippen LogP contribution in [0.1, 0.15) is 51.4 Å². The topological polar surface area (TPSA) is 48.8 Å². The molecule has 2 aromatic carbocycles. The largest absolute Gasteiger partial charge is 0.357 e. The molecule has 0 atom stereocenters. The van der Waals surface area contributed by atoms with Gasteiger partial charge in [0.15, 0.2) is 0 Å². The van der Waals surface area contributed by atoms with Crippen LogP contribution in [0.25, 0.3) is 0 Å². The summed E-state index contributed by atoms with van der Waals surface area (Å²) >= 11 is 0. The lowest BCUT2D eigenvalue weighted by molar-refractivity contribution is 0.647. The molecule has 0 amide bonds. The van der Waals surface area contributed by atoms with Gasteiger partial charge in [0.05, 0.1) is 22.7 Å². The number of anilines is 2. The highest BCUT2D eigenvalue weighted by Crippen LogP contribution is 2.36. The Labute approximate surface area is 191 Å². The van der Waals surface area contributed by atoms with Gasteiger partial charge in [-0.05, 0) is 73.9 Å². The predicted octanol–water partition coefficient (Wildman–Crippen LogP) is 7.78. The van der Waals surface area contributed by atoms with Crippen molar-refractivity contribution in [3.63, 3.8) is 0 Å². The van der Waals surface area contributed by atoms with Gasteiger partial charge in [-0.1, -0.05) is 49.9 Å². The maximum Gasteiger partial charge on any atom is 0.0864 e. The van der Waals surface area contributed by atoms with Gasteiger partial charge in [0.2, 0.25) is 0 Å². The monoisotopic (exact) mass is 424 g/mol. The number of benzene rings is 2. The Balaban J connectivity index is 1.56. The average molecular weight is 425 g/mol. The van der Waals surface area contributed by atoms with Crippen LogP contribution in [0.5, 0.6) is 0 Å². The summed E-state index contributed by atoms with van der Waals surface area (Å²) in [7, 11) is 0. The molecule has 0 aromatic heterocycles. The zero-order chi connectivity index (χ0) is 21.6. The summed E-state index contributed by atoms with van der Waals surface area (Å²) in [5.74, 6) is 1.10. The Morgan fingerprint density at radius 1 is 0.562 bits per heavy atom. The number of hydrogen-bond acceptors (Lipinski definition) is 4. The molecule has 3 aliphatic rings. The van der Waals surface area contributed by atoms with E-state index >= 15 is 0 Å². The zero-order valence-corrected chi connectivity index (χ0v) is 18.6. The van der Waals surface area contributed by atoms with E-state index in [2.05, 4.69) is 71.3 Å². The zero-order valence-electron chi connectivity index (χ0n) is 18.6. The van der Waals surface area contributed by atoms with Crippen molar-refractivity contribution < 1.29 is 0 Å². The molecule has 4 heteroatoms. The first-order valence-electron chi connectivity index (χ1n) is 12.1. The first-order chi connectivity index (χ1) is 15.9. The van der Waals surface area contributed by atoms with Gasteiger partial charge in [-0.2, -0.15) is 0 Å². The van der Waals surface area contributed by atoms with Gasteiger partial charge in [0.1, 0.15) is 0 Å². The lowest BCUT2D eigenvalue weighted by atomic mass is 10.0. The molecule has 0 bridgehead atoms. The maximum absolute atomic E-state index is 4.85. The molecule has 0 unspecified atom stereocenters. The molecule has 4 nitrogen and oxygen atoms in total. The average Bonchev–Trinajstić information content (AvgIpc) is 3.54. The smallest absolute Gasteiger partial charge is 0.0864 e. The third kappa shape index (κ3) is 4.85. The molecule has 32 heavy (non-hydrogen) atoms.